The van der Waals surface area contributed by atoms with E-state index in [9.17, 15) is 9.90 Å². The second-order valence-corrected chi connectivity index (χ2v) is 5.97. The molecule has 0 amide bonds. The van der Waals surface area contributed by atoms with E-state index in [-0.39, 0.29) is 18.7 Å². The number of aliphatic hydroxyl groups excluding tert-OH is 1. The Hall–Kier alpha value is -1.39. The minimum absolute atomic E-state index is 0.0303. The summed E-state index contributed by atoms with van der Waals surface area (Å²) in [5.41, 5.74) is 0.824. The van der Waals surface area contributed by atoms with E-state index in [1.54, 1.807) is 0 Å². The highest BCUT2D eigenvalue weighted by Crippen LogP contribution is 2.25. The Morgan fingerprint density at radius 2 is 1.90 bits per heavy atom. The largest absolute Gasteiger partial charge is 0.461 e. The molecule has 2 bridgehead atoms. The molecule has 1 aromatic rings. The number of carbonyl (C=O) groups excluding carboxylic acids is 1. The van der Waals surface area contributed by atoms with Crippen LogP contribution in [-0.4, -0.2) is 35.9 Å². The first-order chi connectivity index (χ1) is 9.76. The molecule has 2 fully saturated rings. The average molecular weight is 276 g/mol. The third-order valence-corrected chi connectivity index (χ3v) is 4.54. The Labute approximate surface area is 119 Å². The van der Waals surface area contributed by atoms with Gasteiger partial charge in [0.05, 0.1) is 18.7 Å². The van der Waals surface area contributed by atoms with Gasteiger partial charge in [-0.2, -0.15) is 0 Å². The molecular formula is C16H22NO3+. The summed E-state index contributed by atoms with van der Waals surface area (Å²) in [5.74, 6) is -0.843. The van der Waals surface area contributed by atoms with Crippen molar-refractivity contribution >= 4 is 5.97 Å². The summed E-state index contributed by atoms with van der Waals surface area (Å²) in [5, 5.41) is 11.9. The predicted octanol–water partition coefficient (Wildman–Crippen LogP) is 0.563. The summed E-state index contributed by atoms with van der Waals surface area (Å²) >= 11 is 0. The van der Waals surface area contributed by atoms with E-state index in [1.807, 2.05) is 30.3 Å². The highest BCUT2D eigenvalue weighted by molar-refractivity contribution is 5.78. The number of piperidine rings is 1. The molecule has 4 heteroatoms. The minimum atomic E-state index is -0.556. The molecule has 20 heavy (non-hydrogen) atoms. The lowest BCUT2D eigenvalue weighted by molar-refractivity contribution is -0.712. The van der Waals surface area contributed by atoms with E-state index >= 15 is 0 Å². The number of esters is 1. The summed E-state index contributed by atoms with van der Waals surface area (Å²) in [6.45, 7) is -0.200. The third kappa shape index (κ3) is 2.86. The zero-order valence-corrected chi connectivity index (χ0v) is 11.6. The van der Waals surface area contributed by atoms with Gasteiger partial charge in [-0.1, -0.05) is 30.3 Å². The fourth-order valence-corrected chi connectivity index (χ4v) is 3.51. The Kier molecular flexibility index (Phi) is 4.03. The number of benzene rings is 1. The fraction of sp³-hybridized carbons (Fsp3) is 0.562. The number of ether oxygens (including phenoxy) is 1. The van der Waals surface area contributed by atoms with Crippen LogP contribution in [0.1, 0.15) is 37.2 Å². The summed E-state index contributed by atoms with van der Waals surface area (Å²) in [7, 11) is 0. The van der Waals surface area contributed by atoms with E-state index in [1.165, 1.54) is 12.8 Å². The number of hydrogen-bond acceptors (Lipinski definition) is 3. The molecule has 0 saturated carbocycles. The lowest BCUT2D eigenvalue weighted by Gasteiger charge is -2.27. The molecule has 3 unspecified atom stereocenters. The molecule has 2 heterocycles. The maximum atomic E-state index is 12.3. The molecule has 4 nitrogen and oxygen atoms in total. The Morgan fingerprint density at radius 1 is 1.25 bits per heavy atom. The van der Waals surface area contributed by atoms with Crippen LogP contribution >= 0.6 is 0 Å². The highest BCUT2D eigenvalue weighted by Gasteiger charge is 2.39. The lowest BCUT2D eigenvalue weighted by Crippen LogP contribution is -2.93. The monoisotopic (exact) mass is 276 g/mol. The van der Waals surface area contributed by atoms with Gasteiger partial charge in [-0.05, 0) is 5.56 Å². The van der Waals surface area contributed by atoms with Gasteiger partial charge < -0.3 is 15.2 Å². The van der Waals surface area contributed by atoms with Gasteiger partial charge in [-0.25, -0.2) is 0 Å². The fourth-order valence-electron chi connectivity index (χ4n) is 3.51. The van der Waals surface area contributed by atoms with Gasteiger partial charge in [-0.3, -0.25) is 4.79 Å². The Morgan fingerprint density at radius 3 is 2.50 bits per heavy atom. The summed E-state index contributed by atoms with van der Waals surface area (Å²) in [6, 6.07) is 10.6. The molecule has 3 N–H and O–H groups in total. The van der Waals surface area contributed by atoms with E-state index < -0.39 is 5.92 Å². The SMILES string of the molecule is O=C(OC1CC2CCC(C1)[NH2+]2)C(CO)c1ccccc1. The normalized spacial score (nSPS) is 29.9. The Balaban J connectivity index is 1.63. The molecule has 0 spiro atoms. The smallest absolute Gasteiger partial charge is 0.316 e. The van der Waals surface area contributed by atoms with Crippen LogP contribution in [0.2, 0.25) is 0 Å². The van der Waals surface area contributed by atoms with Crippen LogP contribution in [0.15, 0.2) is 30.3 Å². The third-order valence-electron chi connectivity index (χ3n) is 4.54. The number of aliphatic hydroxyl groups is 1. The van der Waals surface area contributed by atoms with Crippen molar-refractivity contribution in [2.45, 2.75) is 49.8 Å². The van der Waals surface area contributed by atoms with Crippen molar-refractivity contribution < 1.29 is 20.0 Å². The average Bonchev–Trinajstić information content (AvgIpc) is 2.80. The molecule has 0 aromatic heterocycles. The van der Waals surface area contributed by atoms with E-state index in [0.717, 1.165) is 18.4 Å². The van der Waals surface area contributed by atoms with Gasteiger partial charge in [-0.15, -0.1) is 0 Å². The van der Waals surface area contributed by atoms with Crippen molar-refractivity contribution in [3.05, 3.63) is 35.9 Å². The van der Waals surface area contributed by atoms with Gasteiger partial charge in [0.2, 0.25) is 0 Å². The van der Waals surface area contributed by atoms with Crippen molar-refractivity contribution in [2.24, 2.45) is 0 Å². The van der Waals surface area contributed by atoms with Crippen LogP contribution in [0.5, 0.6) is 0 Å². The number of quaternary nitrogens is 1. The molecule has 1 aromatic carbocycles. The lowest BCUT2D eigenvalue weighted by atomic mass is 9.99. The van der Waals surface area contributed by atoms with Gasteiger partial charge in [0.1, 0.15) is 12.0 Å². The summed E-state index contributed by atoms with van der Waals surface area (Å²) in [4.78, 5) is 12.3. The van der Waals surface area contributed by atoms with E-state index in [4.69, 9.17) is 4.74 Å². The zero-order chi connectivity index (χ0) is 13.9. The molecular weight excluding hydrogens is 254 g/mol. The molecule has 2 aliphatic rings. The van der Waals surface area contributed by atoms with Crippen LogP contribution < -0.4 is 5.32 Å². The second-order valence-electron chi connectivity index (χ2n) is 5.97. The van der Waals surface area contributed by atoms with Crippen LogP contribution in [0, 0.1) is 0 Å². The van der Waals surface area contributed by atoms with Crippen LogP contribution in [0.3, 0.4) is 0 Å². The van der Waals surface area contributed by atoms with Crippen LogP contribution in [-0.2, 0) is 9.53 Å². The number of nitrogens with two attached hydrogens (primary N) is 1. The van der Waals surface area contributed by atoms with Gasteiger partial charge in [0.15, 0.2) is 0 Å². The zero-order valence-electron chi connectivity index (χ0n) is 11.6. The maximum Gasteiger partial charge on any atom is 0.316 e. The first kappa shape index (κ1) is 13.6. The maximum absolute atomic E-state index is 12.3. The number of hydrogen-bond donors (Lipinski definition) is 2. The topological polar surface area (TPSA) is 63.1 Å². The Bertz CT molecular complexity index is 450. The molecule has 3 atom stereocenters. The summed E-state index contributed by atoms with van der Waals surface area (Å²) in [6.07, 6.45) is 4.41. The number of carbonyl (C=O) groups is 1. The molecule has 0 radical (unpaired) electrons. The number of fused-ring (bicyclic) bond motifs is 2. The van der Waals surface area contributed by atoms with Crippen molar-refractivity contribution in [3.63, 3.8) is 0 Å². The molecule has 2 saturated heterocycles. The predicted molar refractivity (Wildman–Crippen MR) is 74.1 cm³/mol. The van der Waals surface area contributed by atoms with Crippen LogP contribution in [0.25, 0.3) is 0 Å². The van der Waals surface area contributed by atoms with Gasteiger partial charge in [0.25, 0.3) is 0 Å². The molecule has 2 aliphatic heterocycles. The number of rotatable bonds is 4. The first-order valence-corrected chi connectivity index (χ1v) is 7.47. The quantitative estimate of drug-likeness (QED) is 0.790. The minimum Gasteiger partial charge on any atom is -0.461 e. The summed E-state index contributed by atoms with van der Waals surface area (Å²) < 4.78 is 5.66. The van der Waals surface area contributed by atoms with Crippen molar-refractivity contribution in [3.8, 4) is 0 Å². The van der Waals surface area contributed by atoms with Gasteiger partial charge >= 0.3 is 5.97 Å². The van der Waals surface area contributed by atoms with Crippen molar-refractivity contribution in [1.82, 2.24) is 0 Å². The highest BCUT2D eigenvalue weighted by atomic mass is 16.5. The van der Waals surface area contributed by atoms with Crippen molar-refractivity contribution in [1.29, 1.82) is 0 Å². The molecule has 108 valence electrons. The van der Waals surface area contributed by atoms with Crippen LogP contribution in [0.4, 0.5) is 0 Å². The van der Waals surface area contributed by atoms with Gasteiger partial charge in [0, 0.05) is 25.7 Å². The van der Waals surface area contributed by atoms with E-state index in [2.05, 4.69) is 5.32 Å². The van der Waals surface area contributed by atoms with Crippen molar-refractivity contribution in [2.75, 3.05) is 6.61 Å². The molecule has 3 rings (SSSR count). The van der Waals surface area contributed by atoms with E-state index in [0.29, 0.717) is 12.1 Å². The standard InChI is InChI=1S/C16H21NO3/c18-10-15(11-4-2-1-3-5-11)16(19)20-14-8-12-6-7-13(9-14)17-12/h1-5,12-15,17-18H,6-10H2/p+1. The first-order valence-electron chi connectivity index (χ1n) is 7.47. The molecule has 0 aliphatic carbocycles. The second kappa shape index (κ2) is 5.94.